The number of hydrogen-bond acceptors (Lipinski definition) is 5. The van der Waals surface area contributed by atoms with Gasteiger partial charge in [-0.2, -0.15) is 10.1 Å². The van der Waals surface area contributed by atoms with Crippen molar-refractivity contribution < 1.29 is 4.79 Å². The van der Waals surface area contributed by atoms with Crippen molar-refractivity contribution >= 4 is 24.1 Å². The van der Waals surface area contributed by atoms with Gasteiger partial charge in [0.25, 0.3) is 5.78 Å². The zero-order chi connectivity index (χ0) is 16.8. The number of rotatable bonds is 8. The van der Waals surface area contributed by atoms with Gasteiger partial charge in [-0.05, 0) is 32.3 Å². The molecule has 2 heterocycles. The summed E-state index contributed by atoms with van der Waals surface area (Å²) in [7, 11) is 0. The molecule has 0 radical (unpaired) electrons. The number of halogens is 1. The fourth-order valence-electron chi connectivity index (χ4n) is 2.76. The van der Waals surface area contributed by atoms with E-state index in [0.717, 1.165) is 36.2 Å². The molecule has 0 fully saturated rings. The minimum Gasteiger partial charge on any atom is -0.352 e. The molecule has 1 amide bonds. The van der Waals surface area contributed by atoms with Crippen LogP contribution in [-0.2, 0) is 11.2 Å². The molecule has 0 spiro atoms. The third kappa shape index (κ3) is 4.88. The van der Waals surface area contributed by atoms with E-state index in [2.05, 4.69) is 27.3 Å². The average Bonchev–Trinajstić information content (AvgIpc) is 2.99. The molecule has 1 atom stereocenters. The largest absolute Gasteiger partial charge is 0.352 e. The maximum absolute atomic E-state index is 12.2. The van der Waals surface area contributed by atoms with Gasteiger partial charge in [0.15, 0.2) is 0 Å². The van der Waals surface area contributed by atoms with E-state index in [9.17, 15) is 4.79 Å². The third-order valence-corrected chi connectivity index (χ3v) is 4.15. The Hall–Kier alpha value is -1.73. The van der Waals surface area contributed by atoms with Crippen LogP contribution in [0.2, 0.25) is 0 Å². The lowest BCUT2D eigenvalue weighted by Crippen LogP contribution is -2.40. The van der Waals surface area contributed by atoms with Gasteiger partial charge in [0, 0.05) is 30.4 Å². The highest BCUT2D eigenvalue weighted by Crippen LogP contribution is 2.15. The van der Waals surface area contributed by atoms with Crippen LogP contribution in [0.4, 0.5) is 0 Å². The van der Waals surface area contributed by atoms with Crippen molar-refractivity contribution in [1.82, 2.24) is 24.9 Å². The standard InChI is InChI=1S/C16H26N6O.ClH/c1-4-5-6-13(9-17)21-15(23)8-7-14-11(2)20-16-18-10-19-22(16)12(14)3;/h10,13H,4-9,17H2,1-3H3,(H,21,23);1H. The SMILES string of the molecule is CCCCC(CN)NC(=O)CCc1c(C)nc2ncnn2c1C.Cl. The highest BCUT2D eigenvalue weighted by Gasteiger charge is 2.14. The Morgan fingerprint density at radius 3 is 2.83 bits per heavy atom. The van der Waals surface area contributed by atoms with E-state index < -0.39 is 0 Å². The predicted octanol–water partition coefficient (Wildman–Crippen LogP) is 1.73. The average molecular weight is 355 g/mol. The summed E-state index contributed by atoms with van der Waals surface area (Å²) in [6, 6.07) is 0.0700. The summed E-state index contributed by atoms with van der Waals surface area (Å²) >= 11 is 0. The number of aromatic nitrogens is 4. The van der Waals surface area contributed by atoms with Gasteiger partial charge in [-0.1, -0.05) is 19.8 Å². The van der Waals surface area contributed by atoms with Crippen molar-refractivity contribution in [2.24, 2.45) is 5.73 Å². The lowest BCUT2D eigenvalue weighted by atomic mass is 10.1. The van der Waals surface area contributed by atoms with Gasteiger partial charge in [0.05, 0.1) is 0 Å². The number of carbonyl (C=O) groups is 1. The molecule has 0 aliphatic heterocycles. The minimum absolute atomic E-state index is 0. The molecule has 3 N–H and O–H groups in total. The van der Waals surface area contributed by atoms with Crippen LogP contribution < -0.4 is 11.1 Å². The minimum atomic E-state index is 0. The Labute approximate surface area is 148 Å². The summed E-state index contributed by atoms with van der Waals surface area (Å²) in [5.41, 5.74) is 8.66. The molecule has 134 valence electrons. The van der Waals surface area contributed by atoms with E-state index in [1.54, 1.807) is 4.52 Å². The molecule has 7 nitrogen and oxygen atoms in total. The molecule has 8 heteroatoms. The molecule has 1 unspecified atom stereocenters. The van der Waals surface area contributed by atoms with E-state index in [1.165, 1.54) is 6.33 Å². The van der Waals surface area contributed by atoms with Gasteiger partial charge in [-0.25, -0.2) is 9.50 Å². The van der Waals surface area contributed by atoms with Gasteiger partial charge in [-0.15, -0.1) is 12.4 Å². The third-order valence-electron chi connectivity index (χ3n) is 4.15. The van der Waals surface area contributed by atoms with Gasteiger partial charge in [0.2, 0.25) is 5.91 Å². The Kier molecular flexibility index (Phi) is 8.07. The van der Waals surface area contributed by atoms with E-state index >= 15 is 0 Å². The molecule has 0 saturated heterocycles. The summed E-state index contributed by atoms with van der Waals surface area (Å²) in [6.07, 6.45) is 5.67. The van der Waals surface area contributed by atoms with Crippen LogP contribution in [-0.4, -0.2) is 38.1 Å². The summed E-state index contributed by atoms with van der Waals surface area (Å²) in [4.78, 5) is 20.7. The number of amides is 1. The fraction of sp³-hybridized carbons (Fsp3) is 0.625. The first kappa shape index (κ1) is 20.3. The van der Waals surface area contributed by atoms with Crippen molar-refractivity contribution in [2.45, 2.75) is 58.9 Å². The Bertz CT molecular complexity index is 672. The number of unbranched alkanes of at least 4 members (excludes halogenated alkanes) is 1. The smallest absolute Gasteiger partial charge is 0.252 e. The molecule has 0 saturated carbocycles. The van der Waals surface area contributed by atoms with Crippen molar-refractivity contribution in [3.8, 4) is 0 Å². The molecule has 24 heavy (non-hydrogen) atoms. The van der Waals surface area contributed by atoms with Crippen LogP contribution in [0.25, 0.3) is 5.78 Å². The van der Waals surface area contributed by atoms with E-state index in [1.807, 2.05) is 13.8 Å². The lowest BCUT2D eigenvalue weighted by molar-refractivity contribution is -0.121. The Morgan fingerprint density at radius 1 is 1.42 bits per heavy atom. The second-order valence-corrected chi connectivity index (χ2v) is 5.88. The molecule has 0 bridgehead atoms. The molecule has 2 aromatic heterocycles. The molecular weight excluding hydrogens is 328 g/mol. The van der Waals surface area contributed by atoms with Gasteiger partial charge in [0.1, 0.15) is 6.33 Å². The number of nitrogens with two attached hydrogens (primary N) is 1. The quantitative estimate of drug-likeness (QED) is 0.752. The number of nitrogens with zero attached hydrogens (tertiary/aromatic N) is 4. The van der Waals surface area contributed by atoms with Crippen molar-refractivity contribution in [1.29, 1.82) is 0 Å². The number of aryl methyl sites for hydroxylation is 2. The monoisotopic (exact) mass is 354 g/mol. The highest BCUT2D eigenvalue weighted by atomic mass is 35.5. The highest BCUT2D eigenvalue weighted by molar-refractivity contribution is 5.85. The van der Waals surface area contributed by atoms with Crippen LogP contribution in [0, 0.1) is 13.8 Å². The van der Waals surface area contributed by atoms with Gasteiger partial charge >= 0.3 is 0 Å². The van der Waals surface area contributed by atoms with E-state index in [4.69, 9.17) is 5.73 Å². The van der Waals surface area contributed by atoms with Gasteiger partial charge < -0.3 is 11.1 Å². The fourth-order valence-corrected chi connectivity index (χ4v) is 2.76. The number of fused-ring (bicyclic) bond motifs is 1. The topological polar surface area (TPSA) is 98.2 Å². The summed E-state index contributed by atoms with van der Waals surface area (Å²) < 4.78 is 1.71. The Balaban J connectivity index is 0.00000288. The van der Waals surface area contributed by atoms with Crippen LogP contribution in [0.3, 0.4) is 0 Å². The summed E-state index contributed by atoms with van der Waals surface area (Å²) in [5.74, 6) is 0.630. The molecule has 0 aromatic carbocycles. The summed E-state index contributed by atoms with van der Waals surface area (Å²) in [5, 5.41) is 7.19. The maximum atomic E-state index is 12.2. The lowest BCUT2D eigenvalue weighted by Gasteiger charge is -2.17. The first-order valence-electron chi connectivity index (χ1n) is 8.22. The van der Waals surface area contributed by atoms with Crippen molar-refractivity contribution in [3.63, 3.8) is 0 Å². The van der Waals surface area contributed by atoms with Crippen molar-refractivity contribution in [3.05, 3.63) is 23.3 Å². The second kappa shape index (κ2) is 9.54. The molecular formula is C16H27ClN6O. The Morgan fingerprint density at radius 2 is 2.17 bits per heavy atom. The van der Waals surface area contributed by atoms with Crippen LogP contribution >= 0.6 is 12.4 Å². The van der Waals surface area contributed by atoms with Crippen LogP contribution in [0.1, 0.15) is 49.6 Å². The van der Waals surface area contributed by atoms with Crippen molar-refractivity contribution in [2.75, 3.05) is 6.54 Å². The molecule has 2 rings (SSSR count). The number of nitrogens with one attached hydrogen (secondary N) is 1. The second-order valence-electron chi connectivity index (χ2n) is 5.88. The zero-order valence-electron chi connectivity index (χ0n) is 14.6. The number of carbonyl (C=O) groups excluding carboxylic acids is 1. The van der Waals surface area contributed by atoms with E-state index in [-0.39, 0.29) is 24.4 Å². The van der Waals surface area contributed by atoms with Gasteiger partial charge in [-0.3, -0.25) is 4.79 Å². The molecule has 0 aliphatic rings. The number of hydrogen-bond donors (Lipinski definition) is 2. The first-order valence-corrected chi connectivity index (χ1v) is 8.22. The normalized spacial score (nSPS) is 12.0. The summed E-state index contributed by atoms with van der Waals surface area (Å²) in [6.45, 7) is 6.54. The first-order chi connectivity index (χ1) is 11.1. The van der Waals surface area contributed by atoms with Crippen LogP contribution in [0.5, 0.6) is 0 Å². The van der Waals surface area contributed by atoms with Crippen LogP contribution in [0.15, 0.2) is 6.33 Å². The zero-order valence-corrected chi connectivity index (χ0v) is 15.4. The molecule has 0 aliphatic carbocycles. The predicted molar refractivity (Wildman–Crippen MR) is 96.3 cm³/mol. The maximum Gasteiger partial charge on any atom is 0.252 e. The molecule has 2 aromatic rings. The van der Waals surface area contributed by atoms with E-state index in [0.29, 0.717) is 25.2 Å².